The molecule has 0 saturated heterocycles. The summed E-state index contributed by atoms with van der Waals surface area (Å²) in [4.78, 5) is 12.7. The Morgan fingerprint density at radius 2 is 1.76 bits per heavy atom. The highest BCUT2D eigenvalue weighted by Gasteiger charge is 2.48. The standard InChI is InChI=1S/C35H55F3O5Si2/c1-9-45(10-2,11-3)42-28(25-40-27-18-16-17-26(23-27)35(36,37)38)21-22-30-29-19-14-12-13-15-20-33(39)41-31(29)24-32(30)43-44(7,8)34(4,5)6/h12,14,16-18,21-23,28-32H,9-11,13,15,19-20,24-25H2,1-8H3/t28?,29-,30-,31+,32-/m1/s1. The third-order valence-corrected chi connectivity index (χ3v) is 19.4. The molecule has 45 heavy (non-hydrogen) atoms. The summed E-state index contributed by atoms with van der Waals surface area (Å²) in [5.41, 5.74) is -0.742. The van der Waals surface area contributed by atoms with Crippen molar-refractivity contribution < 1.29 is 36.3 Å². The first-order valence-electron chi connectivity index (χ1n) is 16.7. The number of benzene rings is 1. The second-order valence-corrected chi connectivity index (χ2v) is 23.6. The van der Waals surface area contributed by atoms with Gasteiger partial charge in [-0.15, -0.1) is 0 Å². The van der Waals surface area contributed by atoms with E-state index in [1.807, 2.05) is 6.08 Å². The van der Waals surface area contributed by atoms with E-state index in [9.17, 15) is 18.0 Å². The van der Waals surface area contributed by atoms with Crippen molar-refractivity contribution in [2.24, 2.45) is 11.8 Å². The predicted molar refractivity (Wildman–Crippen MR) is 179 cm³/mol. The van der Waals surface area contributed by atoms with Gasteiger partial charge in [0.25, 0.3) is 0 Å². The molecule has 1 unspecified atom stereocenters. The fraction of sp³-hybridized carbons (Fsp3) is 0.686. The summed E-state index contributed by atoms with van der Waals surface area (Å²) in [5.74, 6) is 0.0239. The van der Waals surface area contributed by atoms with Gasteiger partial charge in [0.15, 0.2) is 16.6 Å². The molecule has 1 fully saturated rings. The maximum Gasteiger partial charge on any atom is 0.416 e. The van der Waals surface area contributed by atoms with Crippen LogP contribution in [0.4, 0.5) is 13.2 Å². The van der Waals surface area contributed by atoms with E-state index in [1.54, 1.807) is 6.07 Å². The Morgan fingerprint density at radius 1 is 1.07 bits per heavy atom. The largest absolute Gasteiger partial charge is 0.491 e. The molecule has 1 aromatic carbocycles. The minimum absolute atomic E-state index is 0.00730. The third kappa shape index (κ3) is 10.3. The Balaban J connectivity index is 1.97. The lowest BCUT2D eigenvalue weighted by molar-refractivity contribution is -0.151. The number of allylic oxidation sites excluding steroid dienone is 2. The Labute approximate surface area is 271 Å². The van der Waals surface area contributed by atoms with Crippen molar-refractivity contribution in [1.29, 1.82) is 0 Å². The summed E-state index contributed by atoms with van der Waals surface area (Å²) >= 11 is 0. The van der Waals surface area contributed by atoms with E-state index >= 15 is 0 Å². The molecule has 1 aliphatic heterocycles. The Morgan fingerprint density at radius 3 is 2.38 bits per heavy atom. The molecule has 5 atom stereocenters. The highest BCUT2D eigenvalue weighted by atomic mass is 28.4. The molecule has 2 aliphatic rings. The van der Waals surface area contributed by atoms with Crippen molar-refractivity contribution in [3.05, 3.63) is 54.1 Å². The Kier molecular flexibility index (Phi) is 13.2. The van der Waals surface area contributed by atoms with E-state index in [0.29, 0.717) is 12.8 Å². The van der Waals surface area contributed by atoms with Gasteiger partial charge in [0, 0.05) is 24.7 Å². The number of rotatable bonds is 12. The average molecular weight is 669 g/mol. The maximum atomic E-state index is 13.4. The topological polar surface area (TPSA) is 54.0 Å². The van der Waals surface area contributed by atoms with Crippen LogP contribution in [-0.2, 0) is 24.6 Å². The lowest BCUT2D eigenvalue weighted by Gasteiger charge is -2.40. The molecular formula is C35H55F3O5Si2. The number of alkyl halides is 3. The summed E-state index contributed by atoms with van der Waals surface area (Å²) in [6.07, 6.45) is 6.73. The van der Waals surface area contributed by atoms with Crippen LogP contribution >= 0.6 is 0 Å². The smallest absolute Gasteiger partial charge is 0.416 e. The number of halogens is 3. The van der Waals surface area contributed by atoms with Crippen LogP contribution < -0.4 is 4.74 Å². The molecule has 1 aliphatic carbocycles. The van der Waals surface area contributed by atoms with E-state index in [0.717, 1.165) is 49.5 Å². The van der Waals surface area contributed by atoms with E-state index < -0.39 is 34.5 Å². The van der Waals surface area contributed by atoms with E-state index in [4.69, 9.17) is 18.3 Å². The van der Waals surface area contributed by atoms with Gasteiger partial charge in [-0.1, -0.05) is 71.9 Å². The van der Waals surface area contributed by atoms with Crippen molar-refractivity contribution in [3.63, 3.8) is 0 Å². The molecule has 1 aromatic rings. The third-order valence-electron chi connectivity index (χ3n) is 10.2. The average Bonchev–Trinajstić information content (AvgIpc) is 3.28. The van der Waals surface area contributed by atoms with Crippen LogP contribution in [0.3, 0.4) is 0 Å². The van der Waals surface area contributed by atoms with Crippen LogP contribution in [0.15, 0.2) is 48.6 Å². The van der Waals surface area contributed by atoms with Crippen LogP contribution in [0.25, 0.3) is 0 Å². The monoisotopic (exact) mass is 668 g/mol. The molecule has 3 rings (SSSR count). The summed E-state index contributed by atoms with van der Waals surface area (Å²) in [7, 11) is -4.27. The Hall–Kier alpha value is -1.89. The number of ether oxygens (including phenoxy) is 2. The fourth-order valence-corrected chi connectivity index (χ4v) is 10.2. The molecule has 254 valence electrons. The minimum atomic E-state index is -4.45. The van der Waals surface area contributed by atoms with Crippen molar-refractivity contribution in [3.8, 4) is 5.75 Å². The molecule has 0 amide bonds. The summed E-state index contributed by atoms with van der Waals surface area (Å²) < 4.78 is 66.1. The quantitative estimate of drug-likeness (QED) is 0.126. The Bertz CT molecular complexity index is 1150. The van der Waals surface area contributed by atoms with Gasteiger partial charge in [0.05, 0.1) is 17.8 Å². The van der Waals surface area contributed by atoms with Crippen LogP contribution in [0, 0.1) is 11.8 Å². The molecule has 0 radical (unpaired) electrons. The zero-order valence-electron chi connectivity index (χ0n) is 28.5. The van der Waals surface area contributed by atoms with Gasteiger partial charge in [-0.3, -0.25) is 4.79 Å². The normalized spacial score (nSPS) is 24.4. The zero-order valence-corrected chi connectivity index (χ0v) is 30.5. The van der Waals surface area contributed by atoms with Crippen LogP contribution in [0.5, 0.6) is 5.75 Å². The van der Waals surface area contributed by atoms with E-state index in [1.165, 1.54) is 6.07 Å². The van der Waals surface area contributed by atoms with Gasteiger partial charge in [-0.25, -0.2) is 0 Å². The van der Waals surface area contributed by atoms with Gasteiger partial charge < -0.3 is 18.3 Å². The fourth-order valence-electron chi connectivity index (χ4n) is 6.08. The number of carbonyl (C=O) groups is 1. The highest BCUT2D eigenvalue weighted by Crippen LogP contribution is 2.45. The number of carbonyl (C=O) groups excluding carboxylic acids is 1. The molecule has 0 aromatic heterocycles. The van der Waals surface area contributed by atoms with E-state index in [-0.39, 0.29) is 47.4 Å². The van der Waals surface area contributed by atoms with Crippen LogP contribution in [0.1, 0.15) is 79.2 Å². The van der Waals surface area contributed by atoms with Gasteiger partial charge in [0.1, 0.15) is 18.5 Å². The molecule has 1 heterocycles. The number of hydrogen-bond donors (Lipinski definition) is 0. The lowest BCUT2D eigenvalue weighted by atomic mass is 9.89. The zero-order chi connectivity index (χ0) is 33.5. The molecule has 0 bridgehead atoms. The lowest BCUT2D eigenvalue weighted by Crippen LogP contribution is -2.45. The molecule has 10 heteroatoms. The molecule has 1 saturated carbocycles. The first kappa shape index (κ1) is 37.6. The SMILES string of the molecule is CC[Si](CC)(CC)OC(C=C[C@@H]1[C@H]2CC=CCCCC(=O)O[C@H]2C[C@H]1O[Si](C)(C)C(C)(C)C)COc1cccc(C(F)(F)F)c1. The minimum Gasteiger partial charge on any atom is -0.491 e. The predicted octanol–water partition coefficient (Wildman–Crippen LogP) is 10.1. The second kappa shape index (κ2) is 15.8. The number of hydrogen-bond acceptors (Lipinski definition) is 5. The summed E-state index contributed by atoms with van der Waals surface area (Å²) in [5, 5.41) is 0.00730. The number of esters is 1. The summed E-state index contributed by atoms with van der Waals surface area (Å²) in [6.45, 7) is 17.7. The maximum absolute atomic E-state index is 13.4. The van der Waals surface area contributed by atoms with Gasteiger partial charge in [0.2, 0.25) is 0 Å². The molecule has 5 nitrogen and oxygen atoms in total. The van der Waals surface area contributed by atoms with Crippen LogP contribution in [-0.4, -0.2) is 47.5 Å². The molecule has 0 spiro atoms. The van der Waals surface area contributed by atoms with Gasteiger partial charge >= 0.3 is 12.1 Å². The van der Waals surface area contributed by atoms with Crippen molar-refractivity contribution in [1.82, 2.24) is 0 Å². The molecule has 0 N–H and O–H groups in total. The van der Waals surface area contributed by atoms with Crippen molar-refractivity contribution in [2.45, 2.75) is 134 Å². The van der Waals surface area contributed by atoms with E-state index in [2.05, 4.69) is 72.9 Å². The highest BCUT2D eigenvalue weighted by molar-refractivity contribution is 6.74. The van der Waals surface area contributed by atoms with Crippen LogP contribution in [0.2, 0.25) is 36.3 Å². The summed E-state index contributed by atoms with van der Waals surface area (Å²) in [6, 6.07) is 7.79. The second-order valence-electron chi connectivity index (χ2n) is 14.1. The first-order valence-corrected chi connectivity index (χ1v) is 22.2. The van der Waals surface area contributed by atoms with Crippen molar-refractivity contribution in [2.75, 3.05) is 6.61 Å². The number of fused-ring (bicyclic) bond motifs is 1. The van der Waals surface area contributed by atoms with Crippen molar-refractivity contribution >= 4 is 22.6 Å². The molecular weight excluding hydrogens is 614 g/mol. The first-order chi connectivity index (χ1) is 21.0. The van der Waals surface area contributed by atoms with Gasteiger partial charge in [-0.2, -0.15) is 13.2 Å². The van der Waals surface area contributed by atoms with Gasteiger partial charge in [-0.05, 0) is 73.7 Å².